The Morgan fingerprint density at radius 1 is 0.583 bits per heavy atom. The van der Waals surface area contributed by atoms with Crippen LogP contribution in [0.25, 0.3) is 0 Å². The molecule has 0 heterocycles. The van der Waals surface area contributed by atoms with E-state index in [2.05, 4.69) is 144 Å². The van der Waals surface area contributed by atoms with Crippen molar-refractivity contribution in [3.63, 3.8) is 0 Å². The fourth-order valence-electron chi connectivity index (χ4n) is 7.94. The summed E-state index contributed by atoms with van der Waals surface area (Å²) in [6.07, 6.45) is 13.0. The van der Waals surface area contributed by atoms with Crippen molar-refractivity contribution in [2.75, 3.05) is 46.0 Å². The van der Waals surface area contributed by atoms with E-state index >= 15 is 0 Å². The number of rotatable bonds is 43. The molecular weight excluding hydrogens is 757 g/mol. The van der Waals surface area contributed by atoms with Gasteiger partial charge in [0.15, 0.2) is 0 Å². The van der Waals surface area contributed by atoms with Crippen molar-refractivity contribution < 1.29 is 29.0 Å². The minimum absolute atomic E-state index is 0.0559. The van der Waals surface area contributed by atoms with E-state index < -0.39 is 5.54 Å². The summed E-state index contributed by atoms with van der Waals surface area (Å²) >= 11 is 0. The first-order chi connectivity index (χ1) is 28.5. The Morgan fingerprint density at radius 3 is 1.93 bits per heavy atom. The Hall–Kier alpha value is -0.480. The fourth-order valence-corrected chi connectivity index (χ4v) is 7.94. The molecule has 0 aromatic heterocycles. The maximum atomic E-state index is 6.71. The molecule has 0 saturated heterocycles. The molecule has 0 aliphatic carbocycles. The van der Waals surface area contributed by atoms with Gasteiger partial charge in [-0.25, -0.2) is 21.9 Å². The molecule has 12 nitrogen and oxygen atoms in total. The highest BCUT2D eigenvalue weighted by Crippen LogP contribution is 2.35. The largest absolute Gasteiger partial charge is 0.302 e. The molecule has 0 saturated carbocycles. The molecule has 6 N–H and O–H groups in total. The molecule has 9 unspecified atom stereocenters. The number of hydrogen-bond acceptors (Lipinski definition) is 12. The van der Waals surface area contributed by atoms with Crippen LogP contribution in [0.5, 0.6) is 0 Å². The van der Waals surface area contributed by atoms with E-state index in [-0.39, 0.29) is 35.7 Å². The number of hydroxylamine groups is 6. The van der Waals surface area contributed by atoms with Crippen molar-refractivity contribution in [2.45, 2.75) is 224 Å². The molecule has 60 heavy (non-hydrogen) atoms. The van der Waals surface area contributed by atoms with Crippen LogP contribution in [-0.2, 0) is 29.0 Å². The molecule has 0 aromatic rings. The molecule has 362 valence electrons. The van der Waals surface area contributed by atoms with Crippen LogP contribution in [0, 0.1) is 41.4 Å². The van der Waals surface area contributed by atoms with Crippen LogP contribution in [0.15, 0.2) is 0 Å². The van der Waals surface area contributed by atoms with Gasteiger partial charge in [0.2, 0.25) is 0 Å². The van der Waals surface area contributed by atoms with Gasteiger partial charge >= 0.3 is 0 Å². The monoisotopic (exact) mass is 861 g/mol. The highest BCUT2D eigenvalue weighted by molar-refractivity contribution is 5.04. The summed E-state index contributed by atoms with van der Waals surface area (Å²) < 4.78 is 0. The molecular formula is C48H104N6O6. The van der Waals surface area contributed by atoms with Gasteiger partial charge in [-0.05, 0) is 127 Å². The average Bonchev–Trinajstić information content (AvgIpc) is 3.18. The molecule has 0 bridgehead atoms. The molecule has 0 fully saturated rings. The molecule has 12 heteroatoms. The molecule has 0 radical (unpaired) electrons. The SMILES string of the molecule is CCCC(C)CONC(CCNOCCCC(C)C)(C(CC)NOCCC(C)CC)C(CNOC(C)(C)CCC)C(CCNOC(C)CC(C)C)CNOC(C)C(C)CC. The van der Waals surface area contributed by atoms with Crippen molar-refractivity contribution >= 4 is 0 Å². The summed E-state index contributed by atoms with van der Waals surface area (Å²) in [7, 11) is 0. The number of nitrogens with one attached hydrogen (secondary N) is 6. The molecule has 0 aliphatic heterocycles. The summed E-state index contributed by atoms with van der Waals surface area (Å²) in [4.78, 5) is 38.3. The quantitative estimate of drug-likeness (QED) is 0.0258. The Balaban J connectivity index is 7.34. The predicted octanol–water partition coefficient (Wildman–Crippen LogP) is 10.4. The van der Waals surface area contributed by atoms with Crippen molar-refractivity contribution in [2.24, 2.45) is 41.4 Å². The molecule has 9 atom stereocenters. The van der Waals surface area contributed by atoms with E-state index in [4.69, 9.17) is 29.0 Å². The molecule has 0 aromatic carbocycles. The standard InChI is InChI=1S/C48H104N6O6/c1-17-23-40(11)36-57-54-48(28-30-49-55-31-22-24-37(6)7,46(21-5)53-56-32-26-39(10)19-3)45(35-52-60-47(15,16)27-18-2)44(34-51-59-43(14)41(12)20-4)25-29-50-58-42(13)33-38(8)9/h37-46,49-54H,17-36H2,1-16H3. The van der Waals surface area contributed by atoms with Crippen molar-refractivity contribution in [3.8, 4) is 0 Å². The summed E-state index contributed by atoms with van der Waals surface area (Å²) in [6, 6.07) is -0.133. The van der Waals surface area contributed by atoms with E-state index in [1.807, 2.05) is 0 Å². The van der Waals surface area contributed by atoms with Crippen LogP contribution >= 0.6 is 0 Å². The first kappa shape index (κ1) is 59.5. The van der Waals surface area contributed by atoms with Gasteiger partial charge in [0, 0.05) is 26.2 Å². The summed E-state index contributed by atoms with van der Waals surface area (Å²) in [5.41, 5.74) is 20.2. The lowest BCUT2D eigenvalue weighted by Crippen LogP contribution is -2.68. The normalized spacial score (nSPS) is 17.7. The second-order valence-electron chi connectivity index (χ2n) is 19.7. The lowest BCUT2D eigenvalue weighted by Gasteiger charge is -2.49. The zero-order chi connectivity index (χ0) is 45.4. The van der Waals surface area contributed by atoms with Gasteiger partial charge in [0.25, 0.3) is 0 Å². The topological polar surface area (TPSA) is 128 Å². The van der Waals surface area contributed by atoms with Crippen LogP contribution < -0.4 is 32.9 Å². The van der Waals surface area contributed by atoms with Crippen LogP contribution in [0.3, 0.4) is 0 Å². The zero-order valence-corrected chi connectivity index (χ0v) is 42.4. The van der Waals surface area contributed by atoms with Gasteiger partial charge in [-0.2, -0.15) is 11.0 Å². The summed E-state index contributed by atoms with van der Waals surface area (Å²) in [5.74, 6) is 2.63. The molecule has 0 aliphatic rings. The summed E-state index contributed by atoms with van der Waals surface area (Å²) in [6.45, 7) is 39.9. The van der Waals surface area contributed by atoms with E-state index in [0.717, 1.165) is 77.0 Å². The highest BCUT2D eigenvalue weighted by atomic mass is 16.7. The first-order valence-electron chi connectivity index (χ1n) is 24.8. The van der Waals surface area contributed by atoms with Crippen LogP contribution in [0.4, 0.5) is 0 Å². The third kappa shape index (κ3) is 27.6. The van der Waals surface area contributed by atoms with Gasteiger partial charge in [0.1, 0.15) is 0 Å². The zero-order valence-electron chi connectivity index (χ0n) is 42.4. The van der Waals surface area contributed by atoms with E-state index in [9.17, 15) is 0 Å². The Bertz CT molecular complexity index is 966. The Labute approximate surface area is 372 Å². The average molecular weight is 861 g/mol. The second-order valence-corrected chi connectivity index (χ2v) is 19.7. The molecule has 0 rings (SSSR count). The highest BCUT2D eigenvalue weighted by Gasteiger charge is 2.48. The second kappa shape index (κ2) is 35.8. The Kier molecular flexibility index (Phi) is 35.5. The van der Waals surface area contributed by atoms with Crippen LogP contribution in [0.1, 0.15) is 194 Å². The molecule has 0 spiro atoms. The van der Waals surface area contributed by atoms with E-state index in [1.54, 1.807) is 0 Å². The van der Waals surface area contributed by atoms with Gasteiger partial charge < -0.3 is 14.5 Å². The van der Waals surface area contributed by atoms with Crippen molar-refractivity contribution in [1.82, 2.24) is 32.9 Å². The lowest BCUT2D eigenvalue weighted by atomic mass is 9.68. The van der Waals surface area contributed by atoms with Crippen LogP contribution in [0.2, 0.25) is 0 Å². The first-order valence-corrected chi connectivity index (χ1v) is 24.8. The van der Waals surface area contributed by atoms with Gasteiger partial charge in [-0.3, -0.25) is 14.5 Å². The maximum absolute atomic E-state index is 6.71. The van der Waals surface area contributed by atoms with Crippen molar-refractivity contribution in [3.05, 3.63) is 0 Å². The fraction of sp³-hybridized carbons (Fsp3) is 1.00. The van der Waals surface area contributed by atoms with Gasteiger partial charge in [-0.1, -0.05) is 109 Å². The van der Waals surface area contributed by atoms with Gasteiger partial charge in [0.05, 0.1) is 49.2 Å². The smallest absolute Gasteiger partial charge is 0.0840 e. The number of hydrogen-bond donors (Lipinski definition) is 6. The Morgan fingerprint density at radius 2 is 1.32 bits per heavy atom. The minimum atomic E-state index is -0.656. The van der Waals surface area contributed by atoms with E-state index in [1.165, 1.54) is 0 Å². The third-order valence-corrected chi connectivity index (χ3v) is 12.3. The summed E-state index contributed by atoms with van der Waals surface area (Å²) in [5, 5.41) is 0. The predicted molar refractivity (Wildman–Crippen MR) is 251 cm³/mol. The molecule has 0 amide bonds. The van der Waals surface area contributed by atoms with Crippen molar-refractivity contribution in [1.29, 1.82) is 0 Å². The maximum Gasteiger partial charge on any atom is 0.0840 e. The van der Waals surface area contributed by atoms with Gasteiger partial charge in [-0.15, -0.1) is 0 Å². The van der Waals surface area contributed by atoms with E-state index in [0.29, 0.717) is 82.0 Å². The third-order valence-electron chi connectivity index (χ3n) is 12.3. The minimum Gasteiger partial charge on any atom is -0.302 e. The van der Waals surface area contributed by atoms with Crippen LogP contribution in [-0.4, -0.2) is 75.4 Å². The lowest BCUT2D eigenvalue weighted by molar-refractivity contribution is -0.140.